The highest BCUT2D eigenvalue weighted by atomic mass is 16.2. The van der Waals surface area contributed by atoms with E-state index in [4.69, 9.17) is 5.73 Å². The van der Waals surface area contributed by atoms with E-state index < -0.39 is 6.04 Å². The Morgan fingerprint density at radius 2 is 1.89 bits per heavy atom. The fourth-order valence-electron chi connectivity index (χ4n) is 4.22. The maximum atomic E-state index is 12.5. The molecule has 28 heavy (non-hydrogen) atoms. The quantitative estimate of drug-likeness (QED) is 0.333. The summed E-state index contributed by atoms with van der Waals surface area (Å²) in [5.41, 5.74) is 5.54. The molecule has 3 N–H and O–H groups in total. The molecule has 3 amide bonds. The second kappa shape index (κ2) is 10.7. The largest absolute Gasteiger partial charge is 0.356 e. The molecule has 1 heterocycles. The molecule has 158 valence electrons. The van der Waals surface area contributed by atoms with Crippen molar-refractivity contribution in [2.24, 2.45) is 29.4 Å². The lowest BCUT2D eigenvalue weighted by molar-refractivity contribution is -0.141. The molecule has 0 aromatic carbocycles. The van der Waals surface area contributed by atoms with Crippen LogP contribution in [0.2, 0.25) is 0 Å². The summed E-state index contributed by atoms with van der Waals surface area (Å²) in [4.78, 5) is 48.9. The Morgan fingerprint density at radius 3 is 2.46 bits per heavy atom. The normalized spacial score (nSPS) is 26.6. The van der Waals surface area contributed by atoms with Crippen molar-refractivity contribution in [1.29, 1.82) is 0 Å². The van der Waals surface area contributed by atoms with Crippen molar-refractivity contribution in [3.05, 3.63) is 0 Å². The predicted molar refractivity (Wildman–Crippen MR) is 106 cm³/mol. The number of likely N-dealkylation sites (tertiary alicyclic amines) is 1. The van der Waals surface area contributed by atoms with Crippen molar-refractivity contribution in [2.75, 3.05) is 13.1 Å². The Morgan fingerprint density at radius 1 is 1.21 bits per heavy atom. The summed E-state index contributed by atoms with van der Waals surface area (Å²) >= 11 is 0. The summed E-state index contributed by atoms with van der Waals surface area (Å²) in [5, 5.41) is 2.98. The van der Waals surface area contributed by atoms with Gasteiger partial charge in [-0.2, -0.15) is 0 Å². The zero-order valence-electron chi connectivity index (χ0n) is 17.2. The van der Waals surface area contributed by atoms with Crippen LogP contribution in [0.4, 0.5) is 0 Å². The third-order valence-corrected chi connectivity index (χ3v) is 6.18. The molecule has 0 spiro atoms. The Balaban J connectivity index is 1.67. The third kappa shape index (κ3) is 6.12. The van der Waals surface area contributed by atoms with Gasteiger partial charge in [-0.3, -0.25) is 19.3 Å². The predicted octanol–water partition coefficient (Wildman–Crippen LogP) is 1.64. The van der Waals surface area contributed by atoms with Crippen LogP contribution in [0.25, 0.3) is 0 Å². The van der Waals surface area contributed by atoms with Gasteiger partial charge in [0, 0.05) is 31.3 Å². The van der Waals surface area contributed by atoms with Gasteiger partial charge in [-0.25, -0.2) is 0 Å². The maximum Gasteiger partial charge on any atom is 0.233 e. The lowest BCUT2D eigenvalue weighted by atomic mass is 9.81. The van der Waals surface area contributed by atoms with E-state index in [-0.39, 0.29) is 35.5 Å². The van der Waals surface area contributed by atoms with Gasteiger partial charge in [-0.1, -0.05) is 13.8 Å². The van der Waals surface area contributed by atoms with Crippen LogP contribution in [0.1, 0.15) is 65.2 Å². The van der Waals surface area contributed by atoms with Crippen molar-refractivity contribution >= 4 is 24.0 Å². The van der Waals surface area contributed by atoms with Gasteiger partial charge in [-0.15, -0.1) is 0 Å². The number of amides is 3. The van der Waals surface area contributed by atoms with E-state index in [9.17, 15) is 19.2 Å². The number of hydrogen-bond acceptors (Lipinski definition) is 5. The molecule has 1 aliphatic carbocycles. The van der Waals surface area contributed by atoms with Crippen LogP contribution >= 0.6 is 0 Å². The summed E-state index contributed by atoms with van der Waals surface area (Å²) in [5.74, 6) is 0.360. The second-order valence-corrected chi connectivity index (χ2v) is 8.70. The van der Waals surface area contributed by atoms with Crippen LogP contribution in [-0.2, 0) is 19.2 Å². The summed E-state index contributed by atoms with van der Waals surface area (Å²) < 4.78 is 0. The molecule has 1 unspecified atom stereocenters. The highest BCUT2D eigenvalue weighted by Gasteiger charge is 2.41. The van der Waals surface area contributed by atoms with Crippen molar-refractivity contribution in [3.63, 3.8) is 0 Å². The zero-order chi connectivity index (χ0) is 20.7. The van der Waals surface area contributed by atoms with Crippen molar-refractivity contribution in [3.8, 4) is 0 Å². The monoisotopic (exact) mass is 393 g/mol. The van der Waals surface area contributed by atoms with E-state index in [0.717, 1.165) is 44.8 Å². The number of nitrogens with two attached hydrogens (primary N) is 1. The Hall–Kier alpha value is -1.76. The van der Waals surface area contributed by atoms with Gasteiger partial charge in [0.1, 0.15) is 6.29 Å². The Bertz CT molecular complexity index is 570. The number of carbonyl (C=O) groups is 4. The van der Waals surface area contributed by atoms with Crippen LogP contribution in [0, 0.1) is 23.7 Å². The molecule has 7 heteroatoms. The van der Waals surface area contributed by atoms with Crippen LogP contribution in [0.15, 0.2) is 0 Å². The molecule has 0 aromatic rings. The number of hydrogen-bond donors (Lipinski definition) is 2. The minimum Gasteiger partial charge on any atom is -0.356 e. The fourth-order valence-corrected chi connectivity index (χ4v) is 4.22. The zero-order valence-corrected chi connectivity index (χ0v) is 17.2. The molecule has 1 saturated carbocycles. The molecule has 0 bridgehead atoms. The van der Waals surface area contributed by atoms with Gasteiger partial charge in [0.15, 0.2) is 0 Å². The van der Waals surface area contributed by atoms with Crippen LogP contribution in [0.3, 0.4) is 0 Å². The van der Waals surface area contributed by atoms with Gasteiger partial charge in [0.25, 0.3) is 0 Å². The van der Waals surface area contributed by atoms with E-state index in [2.05, 4.69) is 5.32 Å². The van der Waals surface area contributed by atoms with E-state index in [0.29, 0.717) is 31.8 Å². The number of nitrogens with one attached hydrogen (secondary N) is 1. The third-order valence-electron chi connectivity index (χ3n) is 6.18. The first-order valence-electron chi connectivity index (χ1n) is 10.7. The first kappa shape index (κ1) is 22.5. The Labute approximate surface area is 167 Å². The molecular weight excluding hydrogens is 358 g/mol. The second-order valence-electron chi connectivity index (χ2n) is 8.70. The van der Waals surface area contributed by atoms with Crippen LogP contribution in [0.5, 0.6) is 0 Å². The number of aldehydes is 1. The maximum absolute atomic E-state index is 12.5. The van der Waals surface area contributed by atoms with E-state index in [1.165, 1.54) is 4.90 Å². The average Bonchev–Trinajstić information content (AvgIpc) is 2.96. The average molecular weight is 394 g/mol. The highest BCUT2D eigenvalue weighted by molar-refractivity contribution is 6.03. The molecule has 2 rings (SSSR count). The number of carbonyl (C=O) groups excluding carboxylic acids is 4. The van der Waals surface area contributed by atoms with Gasteiger partial charge in [0.05, 0.1) is 6.04 Å². The lowest BCUT2D eigenvalue weighted by Gasteiger charge is -2.30. The smallest absolute Gasteiger partial charge is 0.233 e. The van der Waals surface area contributed by atoms with Crippen molar-refractivity contribution in [2.45, 2.75) is 71.3 Å². The molecule has 2 fully saturated rings. The summed E-state index contributed by atoms with van der Waals surface area (Å²) in [7, 11) is 0. The summed E-state index contributed by atoms with van der Waals surface area (Å²) in [6.07, 6.45) is 6.73. The topological polar surface area (TPSA) is 110 Å². The Kier molecular flexibility index (Phi) is 8.60. The first-order chi connectivity index (χ1) is 13.3. The van der Waals surface area contributed by atoms with E-state index in [1.807, 2.05) is 13.8 Å². The first-order valence-corrected chi connectivity index (χ1v) is 10.7. The molecule has 2 aliphatic rings. The SMILES string of the molecule is CC(C)C1CC(=O)N(CC2CCC(C(=O)NCCCC[C@@H](N)C=O)CC2)C1=O. The minimum absolute atomic E-state index is 0.0156. The van der Waals surface area contributed by atoms with Crippen LogP contribution < -0.4 is 11.1 Å². The molecule has 7 nitrogen and oxygen atoms in total. The van der Waals surface area contributed by atoms with Gasteiger partial charge in [-0.05, 0) is 56.8 Å². The molecule has 2 atom stereocenters. The fraction of sp³-hybridized carbons (Fsp3) is 0.810. The number of imide groups is 1. The molecule has 0 aromatic heterocycles. The summed E-state index contributed by atoms with van der Waals surface area (Å²) in [6, 6.07) is -0.406. The molecule has 0 radical (unpaired) electrons. The van der Waals surface area contributed by atoms with Gasteiger partial charge >= 0.3 is 0 Å². The standard InChI is InChI=1S/C21H35N3O4/c1-14(2)18-11-19(26)24(21(18)28)12-15-6-8-16(9-7-15)20(27)23-10-4-3-5-17(22)13-25/h13-18H,3-12,22H2,1-2H3,(H,23,27)/t15?,16?,17-,18?/m1/s1. The molecule has 1 aliphatic heterocycles. The lowest BCUT2D eigenvalue weighted by Crippen LogP contribution is -2.39. The number of unbranched alkanes of at least 4 members (excludes halogenated alkanes) is 1. The van der Waals surface area contributed by atoms with Crippen molar-refractivity contribution < 1.29 is 19.2 Å². The van der Waals surface area contributed by atoms with Crippen LogP contribution in [-0.4, -0.2) is 48.0 Å². The van der Waals surface area contributed by atoms with E-state index in [1.54, 1.807) is 0 Å². The number of nitrogens with zero attached hydrogens (tertiary/aromatic N) is 1. The highest BCUT2D eigenvalue weighted by Crippen LogP contribution is 2.32. The minimum atomic E-state index is -0.406. The molecular formula is C21H35N3O4. The van der Waals surface area contributed by atoms with Gasteiger partial charge in [0.2, 0.25) is 17.7 Å². The van der Waals surface area contributed by atoms with Gasteiger partial charge < -0.3 is 15.8 Å². The van der Waals surface area contributed by atoms with E-state index >= 15 is 0 Å². The molecule has 1 saturated heterocycles. The number of rotatable bonds is 10. The van der Waals surface area contributed by atoms with Crippen molar-refractivity contribution in [1.82, 2.24) is 10.2 Å². The summed E-state index contributed by atoms with van der Waals surface area (Å²) in [6.45, 7) is 5.09.